The average Bonchev–Trinajstić information content (AvgIpc) is 2.61. The average molecular weight is 440 g/mol. The van der Waals surface area contributed by atoms with E-state index in [9.17, 15) is 19.4 Å². The molecular weight excluding hydrogens is 395 g/mol. The zero-order valence-corrected chi connectivity index (χ0v) is 20.0. The van der Waals surface area contributed by atoms with Gasteiger partial charge in [-0.2, -0.15) is 0 Å². The number of aliphatic hydroxyl groups is 1. The number of hydrogen-bond acceptors (Lipinski definition) is 5. The molecule has 3 unspecified atom stereocenters. The number of likely N-dealkylation sites (N-methyl/N-ethyl adjacent to an activating group) is 1. The van der Waals surface area contributed by atoms with Crippen molar-refractivity contribution in [1.29, 1.82) is 0 Å². The van der Waals surface area contributed by atoms with Gasteiger partial charge in [0.25, 0.3) is 0 Å². The summed E-state index contributed by atoms with van der Waals surface area (Å²) in [5.74, 6) is -0.178. The highest BCUT2D eigenvalue weighted by atomic mass is 31.2. The van der Waals surface area contributed by atoms with Gasteiger partial charge >= 0.3 is 7.82 Å². The highest BCUT2D eigenvalue weighted by molar-refractivity contribution is 7.47. The maximum absolute atomic E-state index is 12.2. The second-order valence-electron chi connectivity index (χ2n) is 8.66. The van der Waals surface area contributed by atoms with Crippen LogP contribution in [-0.2, 0) is 18.4 Å². The van der Waals surface area contributed by atoms with Gasteiger partial charge in [-0.3, -0.25) is 13.8 Å². The standard InChI is InChI=1S/C20H43N2O6P/c1-6-8-10-12-14-20(24)21-18(19(23)13-11-9-7-2)17-28-29(25,26)27-16-15-22(3,4)5/h18-19,23H,6-17H2,1-5H3,(H-,21,24,25,26)/p+1. The molecule has 8 nitrogen and oxygen atoms in total. The topological polar surface area (TPSA) is 105 Å². The summed E-state index contributed by atoms with van der Waals surface area (Å²) in [7, 11) is 1.60. The summed E-state index contributed by atoms with van der Waals surface area (Å²) in [5.41, 5.74) is 0. The number of carbonyl (C=O) groups is 1. The van der Waals surface area contributed by atoms with Crippen LogP contribution in [0.5, 0.6) is 0 Å². The first kappa shape index (κ1) is 28.5. The maximum atomic E-state index is 12.2. The molecule has 29 heavy (non-hydrogen) atoms. The first-order valence-electron chi connectivity index (χ1n) is 10.9. The number of aliphatic hydroxyl groups excluding tert-OH is 1. The number of quaternary nitrogens is 1. The van der Waals surface area contributed by atoms with Crippen molar-refractivity contribution in [2.75, 3.05) is 40.9 Å². The first-order chi connectivity index (χ1) is 13.5. The molecule has 0 aliphatic carbocycles. The Morgan fingerprint density at radius 2 is 1.66 bits per heavy atom. The molecule has 0 fully saturated rings. The van der Waals surface area contributed by atoms with Crippen molar-refractivity contribution in [3.63, 3.8) is 0 Å². The molecule has 0 saturated carbocycles. The van der Waals surface area contributed by atoms with E-state index in [0.29, 0.717) is 23.9 Å². The van der Waals surface area contributed by atoms with E-state index >= 15 is 0 Å². The Hall–Kier alpha value is -0.500. The van der Waals surface area contributed by atoms with E-state index in [-0.39, 0.29) is 19.1 Å². The van der Waals surface area contributed by atoms with Crippen molar-refractivity contribution in [2.45, 2.75) is 83.8 Å². The molecule has 3 N–H and O–H groups in total. The zero-order valence-electron chi connectivity index (χ0n) is 19.1. The summed E-state index contributed by atoms with van der Waals surface area (Å²) >= 11 is 0. The molecule has 0 spiro atoms. The lowest BCUT2D eigenvalue weighted by molar-refractivity contribution is -0.870. The molecule has 9 heteroatoms. The molecular formula is C20H44N2O6P+. The number of phosphoric ester groups is 1. The van der Waals surface area contributed by atoms with Crippen LogP contribution in [0.2, 0.25) is 0 Å². The summed E-state index contributed by atoms with van der Waals surface area (Å²) in [6, 6.07) is -0.743. The molecule has 0 heterocycles. The molecule has 1 amide bonds. The van der Waals surface area contributed by atoms with E-state index in [1.807, 2.05) is 21.1 Å². The van der Waals surface area contributed by atoms with Crippen molar-refractivity contribution in [3.05, 3.63) is 0 Å². The van der Waals surface area contributed by atoms with Gasteiger partial charge in [0.15, 0.2) is 0 Å². The van der Waals surface area contributed by atoms with Crippen LogP contribution in [0.1, 0.15) is 71.6 Å². The van der Waals surface area contributed by atoms with Crippen molar-refractivity contribution in [3.8, 4) is 0 Å². The summed E-state index contributed by atoms with van der Waals surface area (Å²) in [5, 5.41) is 13.2. The van der Waals surface area contributed by atoms with Gasteiger partial charge in [0.1, 0.15) is 13.2 Å². The van der Waals surface area contributed by atoms with Crippen LogP contribution >= 0.6 is 7.82 Å². The predicted molar refractivity (Wildman–Crippen MR) is 115 cm³/mol. The molecule has 0 radical (unpaired) electrons. The van der Waals surface area contributed by atoms with Gasteiger partial charge in [-0.25, -0.2) is 4.57 Å². The van der Waals surface area contributed by atoms with Gasteiger partial charge in [-0.15, -0.1) is 0 Å². The maximum Gasteiger partial charge on any atom is 0.472 e. The number of carbonyl (C=O) groups excluding carboxylic acids is 1. The fourth-order valence-electron chi connectivity index (χ4n) is 2.69. The molecule has 0 rings (SSSR count). The summed E-state index contributed by atoms with van der Waals surface area (Å²) in [6.07, 6.45) is 6.77. The molecule has 0 aromatic carbocycles. The number of hydrogen-bond donors (Lipinski definition) is 3. The number of amides is 1. The molecule has 0 aliphatic rings. The number of phosphoric acid groups is 1. The fourth-order valence-corrected chi connectivity index (χ4v) is 3.42. The Labute approximate surface area is 177 Å². The third-order valence-corrected chi connectivity index (χ3v) is 5.59. The summed E-state index contributed by atoms with van der Waals surface area (Å²) < 4.78 is 22.8. The molecule has 174 valence electrons. The molecule has 0 saturated heterocycles. The zero-order chi connectivity index (χ0) is 22.3. The van der Waals surface area contributed by atoms with Crippen LogP contribution < -0.4 is 5.32 Å². The Bertz CT molecular complexity index is 484. The van der Waals surface area contributed by atoms with Crippen molar-refractivity contribution in [2.24, 2.45) is 0 Å². The normalized spacial score (nSPS) is 16.2. The second-order valence-corrected chi connectivity index (χ2v) is 10.1. The van der Waals surface area contributed by atoms with Crippen molar-refractivity contribution >= 4 is 13.7 Å². The largest absolute Gasteiger partial charge is 0.472 e. The quantitative estimate of drug-likeness (QED) is 0.172. The number of nitrogens with one attached hydrogen (secondary N) is 1. The van der Waals surface area contributed by atoms with Gasteiger partial charge in [-0.1, -0.05) is 52.4 Å². The number of nitrogens with zero attached hydrogens (tertiary/aromatic N) is 1. The number of rotatable bonds is 18. The van der Waals surface area contributed by atoms with Crippen LogP contribution in [0.4, 0.5) is 0 Å². The van der Waals surface area contributed by atoms with E-state index in [2.05, 4.69) is 19.2 Å². The minimum absolute atomic E-state index is 0.0742. The lowest BCUT2D eigenvalue weighted by Gasteiger charge is -2.26. The smallest absolute Gasteiger partial charge is 0.391 e. The van der Waals surface area contributed by atoms with Gasteiger partial charge in [-0.05, 0) is 12.8 Å². The van der Waals surface area contributed by atoms with Crippen molar-refractivity contribution in [1.82, 2.24) is 5.32 Å². The van der Waals surface area contributed by atoms with Gasteiger partial charge in [0.2, 0.25) is 5.91 Å². The second kappa shape index (κ2) is 15.3. The highest BCUT2D eigenvalue weighted by Crippen LogP contribution is 2.43. The van der Waals surface area contributed by atoms with Crippen molar-refractivity contribution < 1.29 is 32.9 Å². The number of unbranched alkanes of at least 4 members (excludes halogenated alkanes) is 5. The first-order valence-corrected chi connectivity index (χ1v) is 12.4. The van der Waals surface area contributed by atoms with Crippen LogP contribution in [0.25, 0.3) is 0 Å². The van der Waals surface area contributed by atoms with Crippen LogP contribution in [0.15, 0.2) is 0 Å². The Morgan fingerprint density at radius 1 is 1.03 bits per heavy atom. The SMILES string of the molecule is CCCCCCC(=O)NC(COP(=O)(O)OCC[N+](C)(C)C)C(O)CCCCC. The van der Waals surface area contributed by atoms with E-state index < -0.39 is 20.0 Å². The Morgan fingerprint density at radius 3 is 2.24 bits per heavy atom. The molecule has 0 bridgehead atoms. The monoisotopic (exact) mass is 439 g/mol. The predicted octanol–water partition coefficient (Wildman–Crippen LogP) is 3.22. The molecule has 0 aromatic rings. The van der Waals surface area contributed by atoms with Crippen LogP contribution in [0.3, 0.4) is 0 Å². The lowest BCUT2D eigenvalue weighted by Crippen LogP contribution is -2.46. The van der Waals surface area contributed by atoms with E-state index in [4.69, 9.17) is 9.05 Å². The van der Waals surface area contributed by atoms with Crippen LogP contribution in [-0.4, -0.2) is 73.4 Å². The van der Waals surface area contributed by atoms with Gasteiger partial charge < -0.3 is 19.8 Å². The Balaban J connectivity index is 4.66. The third kappa shape index (κ3) is 16.9. The van der Waals surface area contributed by atoms with E-state index in [0.717, 1.165) is 44.9 Å². The lowest BCUT2D eigenvalue weighted by atomic mass is 10.0. The minimum atomic E-state index is -4.25. The fraction of sp³-hybridized carbons (Fsp3) is 0.950. The molecule has 3 atom stereocenters. The highest BCUT2D eigenvalue weighted by Gasteiger charge is 2.28. The molecule has 0 aromatic heterocycles. The minimum Gasteiger partial charge on any atom is -0.391 e. The molecule has 0 aliphatic heterocycles. The summed E-state index contributed by atoms with van der Waals surface area (Å²) in [4.78, 5) is 22.1. The van der Waals surface area contributed by atoms with Gasteiger partial charge in [0, 0.05) is 6.42 Å². The van der Waals surface area contributed by atoms with E-state index in [1.165, 1.54) is 0 Å². The Kier molecular flexibility index (Phi) is 15.1. The third-order valence-electron chi connectivity index (χ3n) is 4.61. The van der Waals surface area contributed by atoms with Crippen LogP contribution in [0, 0.1) is 0 Å². The van der Waals surface area contributed by atoms with E-state index in [1.54, 1.807) is 0 Å². The summed E-state index contributed by atoms with van der Waals surface area (Å²) in [6.45, 7) is 4.53. The van der Waals surface area contributed by atoms with Gasteiger partial charge in [0.05, 0.1) is 39.9 Å².